The number of esters is 1. The molecular formula is C27H22O7. The second-order valence-corrected chi connectivity index (χ2v) is 7.77. The molecule has 0 saturated carbocycles. The highest BCUT2D eigenvalue weighted by Gasteiger charge is 2.18. The molecule has 0 atom stereocenters. The van der Waals surface area contributed by atoms with Gasteiger partial charge in [-0.05, 0) is 53.9 Å². The highest BCUT2D eigenvalue weighted by atomic mass is 16.6. The van der Waals surface area contributed by atoms with Crippen LogP contribution in [-0.2, 0) is 6.42 Å². The average molecular weight is 458 g/mol. The van der Waals surface area contributed by atoms with E-state index in [2.05, 4.69) is 0 Å². The van der Waals surface area contributed by atoms with E-state index in [-0.39, 0.29) is 5.43 Å². The maximum absolute atomic E-state index is 13.3. The van der Waals surface area contributed by atoms with Crippen LogP contribution >= 0.6 is 0 Å². The van der Waals surface area contributed by atoms with Gasteiger partial charge in [0.15, 0.2) is 11.5 Å². The summed E-state index contributed by atoms with van der Waals surface area (Å²) in [5.74, 6) is 1.62. The van der Waals surface area contributed by atoms with Crippen molar-refractivity contribution in [3.8, 4) is 34.1 Å². The quantitative estimate of drug-likeness (QED) is 0.307. The van der Waals surface area contributed by atoms with Crippen LogP contribution in [-0.4, -0.2) is 26.3 Å². The van der Waals surface area contributed by atoms with Gasteiger partial charge < -0.3 is 23.4 Å². The Morgan fingerprint density at radius 2 is 1.82 bits per heavy atom. The van der Waals surface area contributed by atoms with Gasteiger partial charge >= 0.3 is 5.97 Å². The molecule has 0 radical (unpaired) electrons. The van der Waals surface area contributed by atoms with Gasteiger partial charge in [0.25, 0.3) is 0 Å². The summed E-state index contributed by atoms with van der Waals surface area (Å²) in [6.45, 7) is 2.88. The maximum atomic E-state index is 13.3. The largest absolute Gasteiger partial charge is 0.497 e. The molecule has 1 aliphatic heterocycles. The lowest BCUT2D eigenvalue weighted by Gasteiger charge is -2.18. The molecule has 0 N–H and O–H groups in total. The minimum atomic E-state index is -0.525. The number of methoxy groups -OCH3 is 1. The van der Waals surface area contributed by atoms with Gasteiger partial charge in [-0.15, -0.1) is 0 Å². The fourth-order valence-corrected chi connectivity index (χ4v) is 3.89. The van der Waals surface area contributed by atoms with E-state index in [1.165, 1.54) is 13.4 Å². The molecule has 3 aromatic carbocycles. The van der Waals surface area contributed by atoms with Crippen molar-refractivity contribution in [2.24, 2.45) is 0 Å². The first-order valence-electron chi connectivity index (χ1n) is 10.9. The van der Waals surface area contributed by atoms with E-state index in [9.17, 15) is 9.59 Å². The van der Waals surface area contributed by atoms with Gasteiger partial charge in [-0.3, -0.25) is 4.79 Å². The predicted molar refractivity (Wildman–Crippen MR) is 126 cm³/mol. The zero-order chi connectivity index (χ0) is 23.7. The lowest BCUT2D eigenvalue weighted by molar-refractivity contribution is 0.0733. The second kappa shape index (κ2) is 8.94. The first-order valence-corrected chi connectivity index (χ1v) is 10.9. The zero-order valence-corrected chi connectivity index (χ0v) is 18.8. The van der Waals surface area contributed by atoms with Crippen LogP contribution in [0.15, 0.2) is 70.1 Å². The molecule has 0 saturated heterocycles. The molecule has 1 aromatic heterocycles. The highest BCUT2D eigenvalue weighted by molar-refractivity contribution is 5.92. The topological polar surface area (TPSA) is 84.2 Å². The fraction of sp³-hybridized carbons (Fsp3) is 0.185. The number of carbonyl (C=O) groups is 1. The molecular weight excluding hydrogens is 436 g/mol. The number of hydrogen-bond acceptors (Lipinski definition) is 7. The standard InChI is InChI=1S/C27H22O7/c1-3-16-12-20-24(14-23(16)34-27(29)18-5-4-6-19(11-18)30-2)33-15-21(26(20)28)17-7-8-22-25(13-17)32-10-9-31-22/h4-8,11-15H,3,9-10H2,1-2H3. The Balaban J connectivity index is 1.52. The molecule has 172 valence electrons. The number of ether oxygens (including phenoxy) is 4. The van der Waals surface area contributed by atoms with E-state index in [4.69, 9.17) is 23.4 Å². The van der Waals surface area contributed by atoms with Gasteiger partial charge in [0.2, 0.25) is 5.43 Å². The maximum Gasteiger partial charge on any atom is 0.343 e. The summed E-state index contributed by atoms with van der Waals surface area (Å²) in [5.41, 5.74) is 2.31. The minimum absolute atomic E-state index is 0.182. The van der Waals surface area contributed by atoms with Crippen LogP contribution in [0.4, 0.5) is 0 Å². The first kappa shape index (κ1) is 21.6. The lowest BCUT2D eigenvalue weighted by atomic mass is 10.0. The summed E-state index contributed by atoms with van der Waals surface area (Å²) >= 11 is 0. The molecule has 0 aliphatic carbocycles. The molecule has 0 unspecified atom stereocenters. The van der Waals surface area contributed by atoms with Crippen LogP contribution in [0.1, 0.15) is 22.8 Å². The smallest absolute Gasteiger partial charge is 0.343 e. The highest BCUT2D eigenvalue weighted by Crippen LogP contribution is 2.35. The van der Waals surface area contributed by atoms with E-state index in [0.717, 1.165) is 5.56 Å². The summed E-state index contributed by atoms with van der Waals surface area (Å²) in [6.07, 6.45) is 1.97. The van der Waals surface area contributed by atoms with Gasteiger partial charge in [-0.1, -0.05) is 19.1 Å². The van der Waals surface area contributed by atoms with Crippen LogP contribution in [0.3, 0.4) is 0 Å². The van der Waals surface area contributed by atoms with E-state index >= 15 is 0 Å². The monoisotopic (exact) mass is 458 g/mol. The molecule has 0 spiro atoms. The van der Waals surface area contributed by atoms with Crippen LogP contribution in [0.2, 0.25) is 0 Å². The summed E-state index contributed by atoms with van der Waals surface area (Å²) in [6, 6.07) is 15.4. The second-order valence-electron chi connectivity index (χ2n) is 7.77. The Morgan fingerprint density at radius 1 is 1.00 bits per heavy atom. The van der Waals surface area contributed by atoms with E-state index in [1.54, 1.807) is 54.6 Å². The summed E-state index contributed by atoms with van der Waals surface area (Å²) in [7, 11) is 1.53. The molecule has 34 heavy (non-hydrogen) atoms. The Hall–Kier alpha value is -4.26. The number of fused-ring (bicyclic) bond motifs is 2. The lowest BCUT2D eigenvalue weighted by Crippen LogP contribution is -2.15. The van der Waals surface area contributed by atoms with Gasteiger partial charge in [0.1, 0.15) is 36.6 Å². The van der Waals surface area contributed by atoms with Crippen molar-refractivity contribution in [2.45, 2.75) is 13.3 Å². The van der Waals surface area contributed by atoms with Gasteiger partial charge in [0.05, 0.1) is 23.6 Å². The van der Waals surface area contributed by atoms with E-state index in [1.807, 2.05) is 6.92 Å². The van der Waals surface area contributed by atoms with Gasteiger partial charge in [-0.25, -0.2) is 4.79 Å². The van der Waals surface area contributed by atoms with Crippen molar-refractivity contribution in [3.05, 3.63) is 82.2 Å². The summed E-state index contributed by atoms with van der Waals surface area (Å²) < 4.78 is 27.8. The molecule has 0 amide bonds. The molecule has 1 aliphatic rings. The molecule has 0 fully saturated rings. The third-order valence-corrected chi connectivity index (χ3v) is 5.70. The summed E-state index contributed by atoms with van der Waals surface area (Å²) in [5, 5.41) is 0.408. The minimum Gasteiger partial charge on any atom is -0.497 e. The van der Waals surface area contributed by atoms with Gasteiger partial charge in [0, 0.05) is 6.07 Å². The van der Waals surface area contributed by atoms with Gasteiger partial charge in [-0.2, -0.15) is 0 Å². The molecule has 0 bridgehead atoms. The number of benzene rings is 3. The first-order chi connectivity index (χ1) is 16.6. The number of carbonyl (C=O) groups excluding carboxylic acids is 1. The third kappa shape index (κ3) is 3.96. The molecule has 5 rings (SSSR count). The number of hydrogen-bond donors (Lipinski definition) is 0. The molecule has 2 heterocycles. The van der Waals surface area contributed by atoms with E-state index < -0.39 is 5.97 Å². The predicted octanol–water partition coefficient (Wildman–Crippen LogP) is 5.02. The molecule has 4 aromatic rings. The van der Waals surface area contributed by atoms with E-state index in [0.29, 0.717) is 70.3 Å². The molecule has 7 heteroatoms. The Labute approximate surface area is 195 Å². The Morgan fingerprint density at radius 3 is 2.62 bits per heavy atom. The van der Waals surface area contributed by atoms with Crippen LogP contribution in [0.5, 0.6) is 23.0 Å². The van der Waals surface area contributed by atoms with Crippen molar-refractivity contribution >= 4 is 16.9 Å². The SMILES string of the molecule is CCc1cc2c(=O)c(-c3ccc4c(c3)OCCO4)coc2cc1OC(=O)c1cccc(OC)c1. The van der Waals surface area contributed by atoms with Crippen molar-refractivity contribution in [1.82, 2.24) is 0 Å². The zero-order valence-electron chi connectivity index (χ0n) is 18.8. The van der Waals surface area contributed by atoms with Crippen molar-refractivity contribution in [2.75, 3.05) is 20.3 Å². The summed E-state index contributed by atoms with van der Waals surface area (Å²) in [4.78, 5) is 26.1. The van der Waals surface area contributed by atoms with Crippen molar-refractivity contribution in [3.63, 3.8) is 0 Å². The Kier molecular flexibility index (Phi) is 5.67. The fourth-order valence-electron chi connectivity index (χ4n) is 3.89. The van der Waals surface area contributed by atoms with Crippen LogP contribution < -0.4 is 24.4 Å². The van der Waals surface area contributed by atoms with Crippen molar-refractivity contribution < 1.29 is 28.2 Å². The van der Waals surface area contributed by atoms with Crippen molar-refractivity contribution in [1.29, 1.82) is 0 Å². The third-order valence-electron chi connectivity index (χ3n) is 5.70. The molecule has 7 nitrogen and oxygen atoms in total. The number of aryl methyl sites for hydroxylation is 1. The number of rotatable bonds is 5. The normalized spacial score (nSPS) is 12.4. The van der Waals surface area contributed by atoms with Crippen LogP contribution in [0.25, 0.3) is 22.1 Å². The van der Waals surface area contributed by atoms with Crippen LogP contribution in [0, 0.1) is 0 Å². The average Bonchev–Trinajstić information content (AvgIpc) is 2.88. The Bertz CT molecular complexity index is 1450.